The number of amides is 1. The van der Waals surface area contributed by atoms with Crippen molar-refractivity contribution < 1.29 is 19.1 Å². The summed E-state index contributed by atoms with van der Waals surface area (Å²) in [6.45, 7) is -0.384. The Hall–Kier alpha value is -3.54. The molecule has 3 rings (SSSR count). The highest BCUT2D eigenvalue weighted by Gasteiger charge is 2.12. The van der Waals surface area contributed by atoms with E-state index in [1.165, 1.54) is 7.11 Å². The molecule has 0 bridgehead atoms. The van der Waals surface area contributed by atoms with Gasteiger partial charge in [0, 0.05) is 18.1 Å². The van der Waals surface area contributed by atoms with E-state index in [2.05, 4.69) is 5.32 Å². The van der Waals surface area contributed by atoms with E-state index in [9.17, 15) is 9.59 Å². The molecule has 2 aromatic carbocycles. The van der Waals surface area contributed by atoms with Gasteiger partial charge < -0.3 is 19.4 Å². The molecule has 0 aliphatic carbocycles. The second kappa shape index (κ2) is 8.02. The first-order valence-electron chi connectivity index (χ1n) is 8.01. The SMILES string of the molecule is COc1ccccc1NC(=O)COC(=O)c1cccc(-n2cccc2)c1. The zero-order valence-corrected chi connectivity index (χ0v) is 14.2. The monoisotopic (exact) mass is 350 g/mol. The Morgan fingerprint density at radius 2 is 1.77 bits per heavy atom. The normalized spacial score (nSPS) is 10.2. The third-order valence-corrected chi connectivity index (χ3v) is 3.70. The van der Waals surface area contributed by atoms with Gasteiger partial charge in [-0.05, 0) is 42.5 Å². The molecule has 0 aliphatic rings. The van der Waals surface area contributed by atoms with Crippen molar-refractivity contribution in [1.82, 2.24) is 4.57 Å². The second-order valence-corrected chi connectivity index (χ2v) is 5.47. The number of esters is 1. The van der Waals surface area contributed by atoms with Crippen molar-refractivity contribution in [1.29, 1.82) is 0 Å². The number of nitrogens with one attached hydrogen (secondary N) is 1. The number of hydrogen-bond donors (Lipinski definition) is 1. The van der Waals surface area contributed by atoms with Crippen LogP contribution in [0.2, 0.25) is 0 Å². The van der Waals surface area contributed by atoms with Crippen LogP contribution in [0.3, 0.4) is 0 Å². The summed E-state index contributed by atoms with van der Waals surface area (Å²) >= 11 is 0. The number of carbonyl (C=O) groups excluding carboxylic acids is 2. The number of ether oxygens (including phenoxy) is 2. The summed E-state index contributed by atoms with van der Waals surface area (Å²) in [7, 11) is 1.52. The predicted octanol–water partition coefficient (Wildman–Crippen LogP) is 3.28. The first kappa shape index (κ1) is 17.3. The van der Waals surface area contributed by atoms with E-state index in [1.807, 2.05) is 35.2 Å². The molecular weight excluding hydrogens is 332 g/mol. The number of aromatic nitrogens is 1. The number of anilines is 1. The van der Waals surface area contributed by atoms with E-state index in [-0.39, 0.29) is 6.61 Å². The van der Waals surface area contributed by atoms with Crippen molar-refractivity contribution in [3.63, 3.8) is 0 Å². The first-order chi connectivity index (χ1) is 12.7. The van der Waals surface area contributed by atoms with Crippen LogP contribution in [0.1, 0.15) is 10.4 Å². The molecule has 1 N–H and O–H groups in total. The lowest BCUT2D eigenvalue weighted by Crippen LogP contribution is -2.21. The molecule has 0 unspecified atom stereocenters. The van der Waals surface area contributed by atoms with E-state index in [0.29, 0.717) is 17.0 Å². The quantitative estimate of drug-likeness (QED) is 0.693. The molecule has 0 radical (unpaired) electrons. The zero-order chi connectivity index (χ0) is 18.4. The molecule has 26 heavy (non-hydrogen) atoms. The Morgan fingerprint density at radius 3 is 2.54 bits per heavy atom. The topological polar surface area (TPSA) is 69.6 Å². The second-order valence-electron chi connectivity index (χ2n) is 5.47. The largest absolute Gasteiger partial charge is 0.495 e. The molecule has 132 valence electrons. The highest BCUT2D eigenvalue weighted by molar-refractivity contribution is 5.96. The van der Waals surface area contributed by atoms with Gasteiger partial charge in [-0.3, -0.25) is 4.79 Å². The summed E-state index contributed by atoms with van der Waals surface area (Å²) in [6.07, 6.45) is 3.76. The van der Waals surface area contributed by atoms with Crippen molar-refractivity contribution in [2.45, 2.75) is 0 Å². The van der Waals surface area contributed by atoms with Gasteiger partial charge in [-0.1, -0.05) is 18.2 Å². The maximum absolute atomic E-state index is 12.2. The van der Waals surface area contributed by atoms with Crippen LogP contribution in [-0.4, -0.2) is 30.2 Å². The number of benzene rings is 2. The molecule has 0 saturated carbocycles. The van der Waals surface area contributed by atoms with Crippen LogP contribution < -0.4 is 10.1 Å². The number of methoxy groups -OCH3 is 1. The molecule has 1 aromatic heterocycles. The smallest absolute Gasteiger partial charge is 0.338 e. The summed E-state index contributed by atoms with van der Waals surface area (Å²) in [5, 5.41) is 2.66. The fourth-order valence-corrected chi connectivity index (χ4v) is 2.45. The van der Waals surface area contributed by atoms with Crippen LogP contribution in [0.4, 0.5) is 5.69 Å². The van der Waals surface area contributed by atoms with E-state index in [1.54, 1.807) is 42.5 Å². The van der Waals surface area contributed by atoms with Crippen molar-refractivity contribution >= 4 is 17.6 Å². The average Bonchev–Trinajstić information content (AvgIpc) is 3.21. The van der Waals surface area contributed by atoms with Crippen molar-refractivity contribution in [3.05, 3.63) is 78.6 Å². The third kappa shape index (κ3) is 4.10. The molecular formula is C20H18N2O4. The van der Waals surface area contributed by atoms with Crippen molar-refractivity contribution in [2.75, 3.05) is 19.0 Å². The maximum Gasteiger partial charge on any atom is 0.338 e. The van der Waals surface area contributed by atoms with Gasteiger partial charge in [-0.15, -0.1) is 0 Å². The average molecular weight is 350 g/mol. The van der Waals surface area contributed by atoms with Gasteiger partial charge in [-0.25, -0.2) is 4.79 Å². The summed E-state index contributed by atoms with van der Waals surface area (Å²) in [4.78, 5) is 24.2. The standard InChI is InChI=1S/C20H18N2O4/c1-25-18-10-3-2-9-17(18)21-19(23)14-26-20(24)15-7-6-8-16(13-15)22-11-4-5-12-22/h2-13H,14H2,1H3,(H,21,23). The van der Waals surface area contributed by atoms with E-state index >= 15 is 0 Å². The van der Waals surface area contributed by atoms with Crippen LogP contribution >= 0.6 is 0 Å². The molecule has 6 heteroatoms. The number of rotatable bonds is 6. The predicted molar refractivity (Wildman–Crippen MR) is 97.7 cm³/mol. The Kier molecular flexibility index (Phi) is 5.34. The van der Waals surface area contributed by atoms with Gasteiger partial charge in [-0.2, -0.15) is 0 Å². The van der Waals surface area contributed by atoms with Gasteiger partial charge in [0.2, 0.25) is 0 Å². The number of hydrogen-bond acceptors (Lipinski definition) is 4. The van der Waals surface area contributed by atoms with Gasteiger partial charge in [0.25, 0.3) is 5.91 Å². The molecule has 0 fully saturated rings. The van der Waals surface area contributed by atoms with Crippen LogP contribution in [-0.2, 0) is 9.53 Å². The van der Waals surface area contributed by atoms with Gasteiger partial charge in [0.1, 0.15) is 5.75 Å². The fraction of sp³-hybridized carbons (Fsp3) is 0.100. The number of nitrogens with zero attached hydrogens (tertiary/aromatic N) is 1. The highest BCUT2D eigenvalue weighted by atomic mass is 16.5. The van der Waals surface area contributed by atoms with Crippen LogP contribution in [0, 0.1) is 0 Å². The summed E-state index contributed by atoms with van der Waals surface area (Å²) in [5.74, 6) is -0.467. The lowest BCUT2D eigenvalue weighted by molar-refractivity contribution is -0.119. The Labute approximate surface area is 151 Å². The van der Waals surface area contributed by atoms with Crippen LogP contribution in [0.5, 0.6) is 5.75 Å². The molecule has 6 nitrogen and oxygen atoms in total. The Morgan fingerprint density at radius 1 is 1.00 bits per heavy atom. The van der Waals surface area contributed by atoms with Crippen LogP contribution in [0.25, 0.3) is 5.69 Å². The zero-order valence-electron chi connectivity index (χ0n) is 14.2. The Balaban J connectivity index is 1.60. The van der Waals surface area contributed by atoms with E-state index in [0.717, 1.165) is 5.69 Å². The number of para-hydroxylation sites is 2. The van der Waals surface area contributed by atoms with Crippen LogP contribution in [0.15, 0.2) is 73.1 Å². The first-order valence-corrected chi connectivity index (χ1v) is 8.01. The lowest BCUT2D eigenvalue weighted by Gasteiger charge is -2.10. The molecule has 1 heterocycles. The Bertz CT molecular complexity index is 904. The summed E-state index contributed by atoms with van der Waals surface area (Å²) in [6, 6.07) is 17.8. The molecule has 0 spiro atoms. The molecule has 0 saturated heterocycles. The molecule has 1 amide bonds. The molecule has 0 atom stereocenters. The highest BCUT2D eigenvalue weighted by Crippen LogP contribution is 2.22. The van der Waals surface area contributed by atoms with Crippen molar-refractivity contribution in [2.24, 2.45) is 0 Å². The minimum absolute atomic E-state index is 0.376. The minimum atomic E-state index is -0.561. The van der Waals surface area contributed by atoms with E-state index in [4.69, 9.17) is 9.47 Å². The molecule has 3 aromatic rings. The fourth-order valence-electron chi connectivity index (χ4n) is 2.45. The van der Waals surface area contributed by atoms with E-state index < -0.39 is 11.9 Å². The summed E-state index contributed by atoms with van der Waals surface area (Å²) < 4.78 is 12.2. The van der Waals surface area contributed by atoms with Gasteiger partial charge in [0.05, 0.1) is 18.4 Å². The number of carbonyl (C=O) groups is 2. The minimum Gasteiger partial charge on any atom is -0.495 e. The third-order valence-electron chi connectivity index (χ3n) is 3.70. The lowest BCUT2D eigenvalue weighted by atomic mass is 10.2. The van der Waals surface area contributed by atoms with Crippen molar-refractivity contribution in [3.8, 4) is 11.4 Å². The van der Waals surface area contributed by atoms with Gasteiger partial charge in [0.15, 0.2) is 6.61 Å². The molecule has 0 aliphatic heterocycles. The summed E-state index contributed by atoms with van der Waals surface area (Å²) in [5.41, 5.74) is 1.73. The van der Waals surface area contributed by atoms with Gasteiger partial charge >= 0.3 is 5.97 Å². The maximum atomic E-state index is 12.2.